The van der Waals surface area contributed by atoms with Gasteiger partial charge in [-0.1, -0.05) is 43.5 Å². The van der Waals surface area contributed by atoms with Crippen molar-refractivity contribution in [3.8, 4) is 0 Å². The van der Waals surface area contributed by atoms with Crippen LogP contribution in [0.2, 0.25) is 0 Å². The number of nitrogens with one attached hydrogen (secondary N) is 2. The summed E-state index contributed by atoms with van der Waals surface area (Å²) in [6.45, 7) is 1.58. The summed E-state index contributed by atoms with van der Waals surface area (Å²) in [6, 6.07) is 13.1. The van der Waals surface area contributed by atoms with Crippen molar-refractivity contribution < 1.29 is 13.2 Å². The molecule has 1 aromatic carbocycles. The quantitative estimate of drug-likeness (QED) is 0.353. The summed E-state index contributed by atoms with van der Waals surface area (Å²) in [5.74, 6) is -0.147. The Kier molecular flexibility index (Phi) is 9.06. The highest BCUT2D eigenvalue weighted by molar-refractivity contribution is 7.61. The summed E-state index contributed by atoms with van der Waals surface area (Å²) < 4.78 is 28.9. The zero-order valence-electron chi connectivity index (χ0n) is 21.7. The van der Waals surface area contributed by atoms with E-state index in [9.17, 15) is 13.2 Å². The van der Waals surface area contributed by atoms with Crippen LogP contribution in [0.1, 0.15) is 56.3 Å². The van der Waals surface area contributed by atoms with Gasteiger partial charge in [-0.2, -0.15) is 12.8 Å². The van der Waals surface area contributed by atoms with Crippen LogP contribution in [0.25, 0.3) is 10.9 Å². The van der Waals surface area contributed by atoms with Gasteiger partial charge in [0.15, 0.2) is 5.54 Å². The first-order chi connectivity index (χ1) is 18.4. The standard InChI is InChI=1S/C24H28N4O3S.C4H6N2/c1-24(28-32(30)31,15-18-16-26-20-12-6-5-11-19(18)20)23(29)27-22(17-9-3-2-4-10-17)21-13-7-8-14-25-21;1-6-3-2-5-4-6/h5-8,11-14,16-17,22,26H,2-4,9-10,15H2,1H3,(H,27,29);2-4H,1H3. The number of amides is 1. The van der Waals surface area contributed by atoms with E-state index in [1.54, 1.807) is 25.6 Å². The maximum absolute atomic E-state index is 13.6. The lowest BCUT2D eigenvalue weighted by molar-refractivity contribution is -0.127. The third-order valence-electron chi connectivity index (χ3n) is 7.03. The van der Waals surface area contributed by atoms with Gasteiger partial charge < -0.3 is 14.9 Å². The number of H-pyrrole nitrogens is 1. The van der Waals surface area contributed by atoms with Gasteiger partial charge in [0.1, 0.15) is 0 Å². The Morgan fingerprint density at radius 3 is 2.55 bits per heavy atom. The van der Waals surface area contributed by atoms with Gasteiger partial charge in [0.05, 0.1) is 18.1 Å². The first-order valence-electron chi connectivity index (χ1n) is 12.9. The fourth-order valence-electron chi connectivity index (χ4n) is 5.05. The summed E-state index contributed by atoms with van der Waals surface area (Å²) >= 11 is 0. The number of nitrogens with zero attached hydrogens (tertiary/aromatic N) is 4. The van der Waals surface area contributed by atoms with E-state index >= 15 is 0 Å². The predicted octanol–water partition coefficient (Wildman–Crippen LogP) is 4.78. The SMILES string of the molecule is CC(Cc1c[nH]c2ccccc12)(N=S(=O)=O)C(=O)NC(c1ccccn1)C1CCCCC1.Cn1ccnc1. The highest BCUT2D eigenvalue weighted by atomic mass is 32.2. The highest BCUT2D eigenvalue weighted by Crippen LogP contribution is 2.35. The molecule has 2 N–H and O–H groups in total. The number of fused-ring (bicyclic) bond motifs is 1. The normalized spacial score (nSPS) is 16.1. The second kappa shape index (κ2) is 12.6. The van der Waals surface area contributed by atoms with Gasteiger partial charge in [-0.25, -0.2) is 4.98 Å². The lowest BCUT2D eigenvalue weighted by Crippen LogP contribution is -2.47. The predicted molar refractivity (Wildman–Crippen MR) is 147 cm³/mol. The van der Waals surface area contributed by atoms with Gasteiger partial charge >= 0.3 is 10.5 Å². The van der Waals surface area contributed by atoms with Gasteiger partial charge in [0.2, 0.25) is 5.91 Å². The molecule has 0 bridgehead atoms. The lowest BCUT2D eigenvalue weighted by atomic mass is 9.82. The smallest absolute Gasteiger partial charge is 0.312 e. The number of carbonyl (C=O) groups excluding carboxylic acids is 1. The molecule has 3 aromatic heterocycles. The number of aryl methyl sites for hydroxylation is 1. The number of aromatic nitrogens is 4. The zero-order chi connectivity index (χ0) is 27.0. The van der Waals surface area contributed by atoms with Gasteiger partial charge in [-0.05, 0) is 49.4 Å². The van der Waals surface area contributed by atoms with Crippen LogP contribution in [0.3, 0.4) is 0 Å². The van der Waals surface area contributed by atoms with Crippen molar-refractivity contribution in [3.05, 3.63) is 84.8 Å². The molecule has 1 aliphatic rings. The van der Waals surface area contributed by atoms with Crippen LogP contribution in [-0.2, 0) is 28.8 Å². The molecule has 4 aromatic rings. The number of carbonyl (C=O) groups is 1. The van der Waals surface area contributed by atoms with E-state index in [4.69, 9.17) is 0 Å². The van der Waals surface area contributed by atoms with Crippen LogP contribution in [0.5, 0.6) is 0 Å². The van der Waals surface area contributed by atoms with E-state index in [1.165, 1.54) is 6.42 Å². The van der Waals surface area contributed by atoms with Gasteiger partial charge in [-0.3, -0.25) is 9.78 Å². The van der Waals surface area contributed by atoms with Crippen LogP contribution in [0, 0.1) is 5.92 Å². The molecule has 0 aliphatic heterocycles. The number of benzene rings is 1. The Morgan fingerprint density at radius 1 is 1.16 bits per heavy atom. The summed E-state index contributed by atoms with van der Waals surface area (Å²) in [7, 11) is -0.789. The topological polar surface area (TPSA) is 122 Å². The van der Waals surface area contributed by atoms with E-state index in [2.05, 4.69) is 24.6 Å². The molecule has 0 saturated heterocycles. The fourth-order valence-corrected chi connectivity index (χ4v) is 5.53. The Labute approximate surface area is 224 Å². The van der Waals surface area contributed by atoms with Crippen molar-refractivity contribution in [1.82, 2.24) is 24.8 Å². The summed E-state index contributed by atoms with van der Waals surface area (Å²) in [5.41, 5.74) is 1.10. The van der Waals surface area contributed by atoms with E-state index in [-0.39, 0.29) is 18.4 Å². The average molecular weight is 535 g/mol. The average Bonchev–Trinajstić information content (AvgIpc) is 3.57. The molecular formula is C28H34N6O3S. The molecule has 5 rings (SSSR count). The molecule has 38 heavy (non-hydrogen) atoms. The third-order valence-corrected chi connectivity index (χ3v) is 7.58. The van der Waals surface area contributed by atoms with Crippen molar-refractivity contribution >= 4 is 27.3 Å². The zero-order valence-corrected chi connectivity index (χ0v) is 22.6. The molecule has 200 valence electrons. The number of pyridine rings is 1. The number of hydrogen-bond acceptors (Lipinski definition) is 6. The molecule has 10 heteroatoms. The summed E-state index contributed by atoms with van der Waals surface area (Å²) in [5, 5.41) is 4.08. The van der Waals surface area contributed by atoms with Gasteiger partial charge in [0, 0.05) is 49.2 Å². The van der Waals surface area contributed by atoms with Crippen LogP contribution in [0.4, 0.5) is 0 Å². The summed E-state index contributed by atoms with van der Waals surface area (Å²) in [4.78, 5) is 25.0. The minimum atomic E-state index is -2.73. The number of aromatic amines is 1. The largest absolute Gasteiger partial charge is 0.361 e. The molecule has 1 amide bonds. The Balaban J connectivity index is 0.000000494. The molecule has 3 heterocycles. The summed E-state index contributed by atoms with van der Waals surface area (Å²) in [6.07, 6.45) is 14.5. The van der Waals surface area contributed by atoms with Crippen molar-refractivity contribution in [2.24, 2.45) is 17.3 Å². The van der Waals surface area contributed by atoms with Gasteiger partial charge in [0.25, 0.3) is 0 Å². The minimum absolute atomic E-state index is 0.163. The number of hydrogen-bond donors (Lipinski definition) is 2. The molecule has 2 atom stereocenters. The number of rotatable bonds is 7. The van der Waals surface area contributed by atoms with E-state index in [0.29, 0.717) is 0 Å². The molecule has 2 unspecified atom stereocenters. The van der Waals surface area contributed by atoms with Crippen molar-refractivity contribution in [1.29, 1.82) is 0 Å². The van der Waals surface area contributed by atoms with Gasteiger partial charge in [-0.15, -0.1) is 0 Å². The van der Waals surface area contributed by atoms with E-state index in [0.717, 1.165) is 47.8 Å². The molecule has 0 spiro atoms. The minimum Gasteiger partial charge on any atom is -0.361 e. The second-order valence-corrected chi connectivity index (χ2v) is 10.6. The highest BCUT2D eigenvalue weighted by Gasteiger charge is 2.38. The van der Waals surface area contributed by atoms with Crippen LogP contribution < -0.4 is 5.32 Å². The van der Waals surface area contributed by atoms with Crippen LogP contribution >= 0.6 is 0 Å². The molecule has 1 fully saturated rings. The van der Waals surface area contributed by atoms with Crippen molar-refractivity contribution in [2.75, 3.05) is 0 Å². The Bertz CT molecular complexity index is 1450. The number of para-hydroxylation sites is 1. The van der Waals surface area contributed by atoms with Crippen LogP contribution in [-0.4, -0.2) is 39.4 Å². The van der Waals surface area contributed by atoms with Crippen LogP contribution in [0.15, 0.2) is 77.9 Å². The maximum Gasteiger partial charge on any atom is 0.312 e. The fraction of sp³-hybridized carbons (Fsp3) is 0.393. The Morgan fingerprint density at radius 2 is 1.92 bits per heavy atom. The molecule has 1 aliphatic carbocycles. The molecule has 1 saturated carbocycles. The number of imidazole rings is 1. The first kappa shape index (κ1) is 27.3. The van der Waals surface area contributed by atoms with E-state index < -0.39 is 21.9 Å². The second-order valence-electron chi connectivity index (χ2n) is 9.95. The van der Waals surface area contributed by atoms with E-state index in [1.807, 2.05) is 66.5 Å². The molecular weight excluding hydrogens is 500 g/mol. The molecule has 0 radical (unpaired) electrons. The van der Waals surface area contributed by atoms with Crippen molar-refractivity contribution in [2.45, 2.75) is 57.0 Å². The third kappa shape index (κ3) is 6.95. The maximum atomic E-state index is 13.6. The first-order valence-corrected chi connectivity index (χ1v) is 13.9. The van der Waals surface area contributed by atoms with Crippen molar-refractivity contribution in [3.63, 3.8) is 0 Å². The molecule has 9 nitrogen and oxygen atoms in total. The Hall–Kier alpha value is -3.79. The lowest BCUT2D eigenvalue weighted by Gasteiger charge is -2.33. The monoisotopic (exact) mass is 534 g/mol.